The summed E-state index contributed by atoms with van der Waals surface area (Å²) < 4.78 is 2.34. The zero-order chi connectivity index (χ0) is 27.4. The van der Waals surface area contributed by atoms with Gasteiger partial charge in [-0.15, -0.1) is 0 Å². The summed E-state index contributed by atoms with van der Waals surface area (Å²) in [5, 5.41) is 12.7. The summed E-state index contributed by atoms with van der Waals surface area (Å²) in [7, 11) is 0. The number of carboxylic acid groups (broad SMARTS) is 1. The Labute approximate surface area is 225 Å². The second-order valence-electron chi connectivity index (χ2n) is 11.5. The van der Waals surface area contributed by atoms with Gasteiger partial charge in [0.1, 0.15) is 0 Å². The Morgan fingerprint density at radius 2 is 1.55 bits per heavy atom. The predicted molar refractivity (Wildman–Crippen MR) is 155 cm³/mol. The average Bonchev–Trinajstić information content (AvgIpc) is 3.29. The maximum absolute atomic E-state index is 12.4. The van der Waals surface area contributed by atoms with Gasteiger partial charge in [-0.2, -0.15) is 0 Å². The van der Waals surface area contributed by atoms with Crippen molar-refractivity contribution in [3.63, 3.8) is 0 Å². The third-order valence-electron chi connectivity index (χ3n) is 7.02. The molecule has 0 aliphatic rings. The summed E-state index contributed by atoms with van der Waals surface area (Å²) >= 11 is 0. The summed E-state index contributed by atoms with van der Waals surface area (Å²) in [6.07, 6.45) is 3.03. The number of hydrogen-bond acceptors (Lipinski definition) is 2. The van der Waals surface area contributed by atoms with Crippen LogP contribution in [0.1, 0.15) is 75.0 Å². The van der Waals surface area contributed by atoms with Crippen molar-refractivity contribution in [3.05, 3.63) is 95.7 Å². The molecular formula is C33H38N2O3. The number of aliphatic carboxylic acids is 1. The molecule has 1 heterocycles. The van der Waals surface area contributed by atoms with Gasteiger partial charge in [0.05, 0.1) is 12.5 Å². The zero-order valence-electron chi connectivity index (χ0n) is 23.0. The lowest BCUT2D eigenvalue weighted by Crippen LogP contribution is -2.26. The van der Waals surface area contributed by atoms with Crippen LogP contribution in [0.2, 0.25) is 0 Å². The number of fused-ring (bicyclic) bond motifs is 1. The molecule has 0 aliphatic heterocycles. The third kappa shape index (κ3) is 6.34. The second-order valence-corrected chi connectivity index (χ2v) is 11.5. The number of carbonyl (C=O) groups is 2. The maximum Gasteiger partial charge on any atom is 0.305 e. The molecular weight excluding hydrogens is 472 g/mol. The minimum atomic E-state index is -0.929. The van der Waals surface area contributed by atoms with Crippen molar-refractivity contribution in [3.8, 4) is 11.1 Å². The molecule has 0 spiro atoms. The Hall–Kier alpha value is -3.86. The number of carboxylic acids is 1. The monoisotopic (exact) mass is 510 g/mol. The summed E-state index contributed by atoms with van der Waals surface area (Å²) in [6.45, 7) is 11.3. The van der Waals surface area contributed by atoms with E-state index >= 15 is 0 Å². The van der Waals surface area contributed by atoms with Crippen molar-refractivity contribution in [2.45, 2.75) is 58.9 Å². The largest absolute Gasteiger partial charge is 0.481 e. The second kappa shape index (κ2) is 11.3. The first-order valence-corrected chi connectivity index (χ1v) is 13.3. The number of aromatic nitrogens is 1. The molecule has 1 unspecified atom stereocenters. The molecule has 0 saturated heterocycles. The van der Waals surface area contributed by atoms with Crippen LogP contribution in [0.4, 0.5) is 0 Å². The molecule has 38 heavy (non-hydrogen) atoms. The van der Waals surface area contributed by atoms with Crippen LogP contribution in [0, 0.1) is 5.92 Å². The number of nitrogens with zero attached hydrogens (tertiary/aromatic N) is 1. The van der Waals surface area contributed by atoms with Crippen LogP contribution < -0.4 is 5.32 Å². The molecule has 5 heteroatoms. The van der Waals surface area contributed by atoms with Gasteiger partial charge in [0.25, 0.3) is 5.91 Å². The van der Waals surface area contributed by atoms with E-state index in [1.54, 1.807) is 0 Å². The molecule has 0 aliphatic carbocycles. The highest BCUT2D eigenvalue weighted by atomic mass is 16.4. The fraction of sp³-hybridized carbons (Fsp3) is 0.333. The Morgan fingerprint density at radius 1 is 0.895 bits per heavy atom. The van der Waals surface area contributed by atoms with Crippen molar-refractivity contribution >= 4 is 22.8 Å². The fourth-order valence-electron chi connectivity index (χ4n) is 4.88. The molecule has 1 amide bonds. The number of rotatable bonds is 9. The number of benzene rings is 3. The minimum Gasteiger partial charge on any atom is -0.481 e. The van der Waals surface area contributed by atoms with E-state index in [0.717, 1.165) is 12.0 Å². The molecule has 198 valence electrons. The van der Waals surface area contributed by atoms with Crippen LogP contribution >= 0.6 is 0 Å². The molecule has 1 atom stereocenters. The smallest absolute Gasteiger partial charge is 0.305 e. The van der Waals surface area contributed by atoms with Gasteiger partial charge in [0.2, 0.25) is 0 Å². The topological polar surface area (TPSA) is 71.3 Å². The zero-order valence-corrected chi connectivity index (χ0v) is 23.0. The SMILES string of the molecule is CC(C)CC(c1ccc(C(=O)NCCC(=O)O)cc1)n1ccc2cc(-c3ccc(C(C)(C)C)cc3)ccc21. The lowest BCUT2D eigenvalue weighted by atomic mass is 9.86. The summed E-state index contributed by atoms with van der Waals surface area (Å²) in [5.74, 6) is -0.702. The number of carbonyl (C=O) groups excluding carboxylic acids is 1. The van der Waals surface area contributed by atoms with Gasteiger partial charge in [-0.3, -0.25) is 9.59 Å². The molecule has 0 fully saturated rings. The van der Waals surface area contributed by atoms with Gasteiger partial charge in [0.15, 0.2) is 0 Å². The van der Waals surface area contributed by atoms with Crippen LogP contribution in [0.25, 0.3) is 22.0 Å². The highest BCUT2D eigenvalue weighted by Gasteiger charge is 2.19. The van der Waals surface area contributed by atoms with E-state index in [2.05, 4.69) is 99.2 Å². The highest BCUT2D eigenvalue weighted by Crippen LogP contribution is 2.33. The van der Waals surface area contributed by atoms with Crippen molar-refractivity contribution in [1.82, 2.24) is 9.88 Å². The van der Waals surface area contributed by atoms with Crippen LogP contribution in [-0.2, 0) is 10.2 Å². The van der Waals surface area contributed by atoms with Gasteiger partial charge in [0, 0.05) is 29.2 Å². The average molecular weight is 511 g/mol. The molecule has 3 aromatic carbocycles. The Morgan fingerprint density at radius 3 is 2.16 bits per heavy atom. The van der Waals surface area contributed by atoms with E-state index in [4.69, 9.17) is 5.11 Å². The van der Waals surface area contributed by atoms with Gasteiger partial charge in [-0.25, -0.2) is 0 Å². The van der Waals surface area contributed by atoms with Gasteiger partial charge < -0.3 is 15.0 Å². The minimum absolute atomic E-state index is 0.0923. The Kier molecular flexibility index (Phi) is 8.05. The van der Waals surface area contributed by atoms with Crippen LogP contribution in [-0.4, -0.2) is 28.1 Å². The van der Waals surface area contributed by atoms with E-state index in [9.17, 15) is 9.59 Å². The quantitative estimate of drug-likeness (QED) is 0.246. The first-order chi connectivity index (χ1) is 18.0. The summed E-state index contributed by atoms with van der Waals surface area (Å²) in [4.78, 5) is 23.1. The summed E-state index contributed by atoms with van der Waals surface area (Å²) in [5.41, 5.74) is 6.73. The molecule has 4 aromatic rings. The van der Waals surface area contributed by atoms with E-state index in [0.29, 0.717) is 11.5 Å². The van der Waals surface area contributed by atoms with E-state index in [1.165, 1.54) is 27.6 Å². The Bertz CT molecular complexity index is 1410. The van der Waals surface area contributed by atoms with E-state index in [1.807, 2.05) is 24.3 Å². The summed E-state index contributed by atoms with van der Waals surface area (Å²) in [6, 6.07) is 25.5. The molecule has 0 bridgehead atoms. The van der Waals surface area contributed by atoms with Gasteiger partial charge in [-0.05, 0) is 70.3 Å². The molecule has 4 rings (SSSR count). The van der Waals surface area contributed by atoms with Crippen LogP contribution in [0.3, 0.4) is 0 Å². The molecule has 0 radical (unpaired) electrons. The number of amides is 1. The molecule has 5 nitrogen and oxygen atoms in total. The van der Waals surface area contributed by atoms with Crippen molar-refractivity contribution in [2.75, 3.05) is 6.54 Å². The van der Waals surface area contributed by atoms with Crippen LogP contribution in [0.15, 0.2) is 79.0 Å². The predicted octanol–water partition coefficient (Wildman–Crippen LogP) is 7.45. The lowest BCUT2D eigenvalue weighted by Gasteiger charge is -2.23. The lowest BCUT2D eigenvalue weighted by molar-refractivity contribution is -0.136. The van der Waals surface area contributed by atoms with Crippen molar-refractivity contribution in [2.24, 2.45) is 5.92 Å². The molecule has 1 aromatic heterocycles. The van der Waals surface area contributed by atoms with Crippen molar-refractivity contribution in [1.29, 1.82) is 0 Å². The highest BCUT2D eigenvalue weighted by molar-refractivity contribution is 5.94. The van der Waals surface area contributed by atoms with Crippen molar-refractivity contribution < 1.29 is 14.7 Å². The molecule has 2 N–H and O–H groups in total. The number of hydrogen-bond donors (Lipinski definition) is 2. The maximum atomic E-state index is 12.4. The standard InChI is InChI=1S/C33H38N2O3/c1-22(2)20-30(24-6-8-25(9-7-24)32(38)34-18-16-31(36)37)35-19-17-27-21-26(12-15-29(27)35)23-10-13-28(14-11-23)33(3,4)5/h6-15,17,19,21-22,30H,16,18,20H2,1-5H3,(H,34,38)(H,36,37). The normalized spacial score (nSPS) is 12.6. The first kappa shape index (κ1) is 27.2. The first-order valence-electron chi connectivity index (χ1n) is 13.3. The van der Waals surface area contributed by atoms with Gasteiger partial charge >= 0.3 is 5.97 Å². The Balaban J connectivity index is 1.60. The van der Waals surface area contributed by atoms with E-state index < -0.39 is 5.97 Å². The number of nitrogens with one attached hydrogen (secondary N) is 1. The third-order valence-corrected chi connectivity index (χ3v) is 7.02. The fourth-order valence-corrected chi connectivity index (χ4v) is 4.88. The van der Waals surface area contributed by atoms with Crippen LogP contribution in [0.5, 0.6) is 0 Å². The van der Waals surface area contributed by atoms with Gasteiger partial charge in [-0.1, -0.05) is 77.1 Å². The molecule has 0 saturated carbocycles. The van der Waals surface area contributed by atoms with E-state index in [-0.39, 0.29) is 30.3 Å².